The third kappa shape index (κ3) is 11.6. The van der Waals surface area contributed by atoms with Crippen LogP contribution >= 0.6 is 0 Å². The van der Waals surface area contributed by atoms with E-state index in [1.807, 2.05) is 0 Å². The van der Waals surface area contributed by atoms with E-state index in [1.54, 1.807) is 0 Å². The summed E-state index contributed by atoms with van der Waals surface area (Å²) in [7, 11) is 0. The Morgan fingerprint density at radius 3 is 1.48 bits per heavy atom. The summed E-state index contributed by atoms with van der Waals surface area (Å²) in [6.07, 6.45) is 12.8. The predicted molar refractivity (Wildman–Crippen MR) is 108 cm³/mol. The number of rotatable bonds is 13. The van der Waals surface area contributed by atoms with E-state index < -0.39 is 5.97 Å². The Balaban J connectivity index is 0.000000593. The Kier molecular flexibility index (Phi) is 15.2. The molecule has 1 aliphatic rings. The number of nitrogens with one attached hydrogen (secondary N) is 1. The summed E-state index contributed by atoms with van der Waals surface area (Å²) in [5.41, 5.74) is 0. The van der Waals surface area contributed by atoms with Crippen LogP contribution in [-0.2, 0) is 4.79 Å². The largest absolute Gasteiger partial charge is 0.480 e. The molecule has 1 atom stereocenters. The minimum Gasteiger partial charge on any atom is -0.480 e. The molecule has 0 spiro atoms. The molecule has 4 heteroatoms. The molecule has 1 rings (SSSR count). The van der Waals surface area contributed by atoms with Crippen LogP contribution in [0.15, 0.2) is 0 Å². The summed E-state index contributed by atoms with van der Waals surface area (Å²) < 4.78 is 1.42. The van der Waals surface area contributed by atoms with Crippen molar-refractivity contribution >= 4 is 5.97 Å². The van der Waals surface area contributed by atoms with Crippen molar-refractivity contribution in [3.8, 4) is 0 Å². The number of nitrogens with zero attached hydrogens (tertiary/aromatic N) is 1. The van der Waals surface area contributed by atoms with Crippen LogP contribution in [0.2, 0.25) is 0 Å². The minimum absolute atomic E-state index is 0.269. The Labute approximate surface area is 157 Å². The molecular formula is C21H45N2O2+. The highest BCUT2D eigenvalue weighted by atomic mass is 16.4. The van der Waals surface area contributed by atoms with Crippen molar-refractivity contribution in [3.05, 3.63) is 0 Å². The van der Waals surface area contributed by atoms with Gasteiger partial charge in [-0.15, -0.1) is 0 Å². The second-order valence-electron chi connectivity index (χ2n) is 7.64. The first-order valence-electron chi connectivity index (χ1n) is 10.9. The molecule has 150 valence electrons. The molecule has 0 bridgehead atoms. The van der Waals surface area contributed by atoms with E-state index in [1.165, 1.54) is 82.0 Å². The number of hydrogen-bond donors (Lipinski definition) is 2. The molecule has 25 heavy (non-hydrogen) atoms. The van der Waals surface area contributed by atoms with Gasteiger partial charge >= 0.3 is 5.97 Å². The van der Waals surface area contributed by atoms with Crippen molar-refractivity contribution < 1.29 is 14.4 Å². The van der Waals surface area contributed by atoms with Gasteiger partial charge in [-0.1, -0.05) is 53.4 Å². The molecule has 0 aromatic rings. The summed E-state index contributed by atoms with van der Waals surface area (Å²) >= 11 is 0. The molecule has 1 fully saturated rings. The van der Waals surface area contributed by atoms with E-state index in [0.29, 0.717) is 0 Å². The average Bonchev–Trinajstić information content (AvgIpc) is 3.16. The van der Waals surface area contributed by atoms with Gasteiger partial charge in [-0.05, 0) is 45.1 Å². The lowest BCUT2D eigenvalue weighted by Crippen LogP contribution is -2.50. The van der Waals surface area contributed by atoms with E-state index in [-0.39, 0.29) is 6.04 Å². The van der Waals surface area contributed by atoms with Gasteiger partial charge in [0.25, 0.3) is 0 Å². The Morgan fingerprint density at radius 1 is 0.880 bits per heavy atom. The molecule has 1 aliphatic heterocycles. The first-order valence-corrected chi connectivity index (χ1v) is 10.9. The van der Waals surface area contributed by atoms with Gasteiger partial charge in [0.05, 0.1) is 26.2 Å². The molecule has 1 saturated heterocycles. The highest BCUT2D eigenvalue weighted by Gasteiger charge is 2.24. The van der Waals surface area contributed by atoms with Gasteiger partial charge in [0.1, 0.15) is 6.04 Å². The zero-order valence-corrected chi connectivity index (χ0v) is 17.5. The van der Waals surface area contributed by atoms with Crippen LogP contribution in [0.5, 0.6) is 0 Å². The lowest BCUT2D eigenvalue weighted by Gasteiger charge is -2.39. The number of quaternary nitrogens is 1. The van der Waals surface area contributed by atoms with Crippen LogP contribution in [0.25, 0.3) is 0 Å². The lowest BCUT2D eigenvalue weighted by atomic mass is 10.1. The number of carboxylic acid groups (broad SMARTS) is 1. The monoisotopic (exact) mass is 357 g/mol. The predicted octanol–water partition coefficient (Wildman–Crippen LogP) is 4.83. The van der Waals surface area contributed by atoms with E-state index in [2.05, 4.69) is 33.0 Å². The van der Waals surface area contributed by atoms with Crippen LogP contribution in [0.4, 0.5) is 0 Å². The van der Waals surface area contributed by atoms with Gasteiger partial charge in [0.2, 0.25) is 0 Å². The van der Waals surface area contributed by atoms with Gasteiger partial charge in [-0.3, -0.25) is 4.79 Å². The third-order valence-electron chi connectivity index (χ3n) is 5.30. The number of hydrogen-bond acceptors (Lipinski definition) is 2. The molecule has 0 radical (unpaired) electrons. The third-order valence-corrected chi connectivity index (χ3v) is 5.30. The maximum atomic E-state index is 10.1. The van der Waals surface area contributed by atoms with Crippen molar-refractivity contribution in [3.63, 3.8) is 0 Å². The Morgan fingerprint density at radius 2 is 1.28 bits per heavy atom. The van der Waals surface area contributed by atoms with E-state index in [9.17, 15) is 4.79 Å². The summed E-state index contributed by atoms with van der Waals surface area (Å²) in [6.45, 7) is 15.9. The SMILES string of the molecule is CCCC[N+](CCCC)(CCCC)CCCC.O=C(O)[C@@H]1CCCN1. The topological polar surface area (TPSA) is 49.3 Å². The second kappa shape index (κ2) is 15.6. The Bertz CT molecular complexity index is 278. The minimum atomic E-state index is -0.720. The molecule has 4 nitrogen and oxygen atoms in total. The molecule has 0 aromatic heterocycles. The van der Waals surface area contributed by atoms with Crippen molar-refractivity contribution in [1.29, 1.82) is 0 Å². The summed E-state index contributed by atoms with van der Waals surface area (Å²) in [5.74, 6) is -0.720. The molecule has 0 aliphatic carbocycles. The second-order valence-corrected chi connectivity index (χ2v) is 7.64. The van der Waals surface area contributed by atoms with E-state index in [0.717, 1.165) is 19.4 Å². The van der Waals surface area contributed by atoms with Crippen LogP contribution in [0, 0.1) is 0 Å². The first kappa shape index (κ1) is 24.4. The average molecular weight is 358 g/mol. The fraction of sp³-hybridized carbons (Fsp3) is 0.952. The summed E-state index contributed by atoms with van der Waals surface area (Å²) in [5, 5.41) is 11.2. The molecule has 0 aromatic carbocycles. The number of unbranched alkanes of at least 4 members (excludes halogenated alkanes) is 4. The van der Waals surface area contributed by atoms with Crippen LogP contribution in [-0.4, -0.2) is 54.3 Å². The molecule has 2 N–H and O–H groups in total. The quantitative estimate of drug-likeness (QED) is 0.464. The highest BCUT2D eigenvalue weighted by molar-refractivity contribution is 5.73. The van der Waals surface area contributed by atoms with Crippen LogP contribution in [0.3, 0.4) is 0 Å². The van der Waals surface area contributed by atoms with Crippen molar-refractivity contribution in [1.82, 2.24) is 5.32 Å². The van der Waals surface area contributed by atoms with Crippen LogP contribution < -0.4 is 5.32 Å². The standard InChI is InChI=1S/C16H36N.C5H9NO2/c1-5-9-13-17(14-10-6-2,15-11-7-3)16-12-8-4;7-5(8)4-2-1-3-6-4/h5-16H2,1-4H3;4,6H,1-3H2,(H,7,8)/q+1;/t;4-/m.0/s1. The lowest BCUT2D eigenvalue weighted by molar-refractivity contribution is -0.929. The van der Waals surface area contributed by atoms with E-state index in [4.69, 9.17) is 5.11 Å². The zero-order chi connectivity index (χ0) is 19.0. The van der Waals surface area contributed by atoms with E-state index >= 15 is 0 Å². The molecule has 1 heterocycles. The van der Waals surface area contributed by atoms with Gasteiger partial charge in [-0.2, -0.15) is 0 Å². The molecule has 0 saturated carbocycles. The van der Waals surface area contributed by atoms with Crippen molar-refractivity contribution in [2.45, 2.75) is 97.9 Å². The first-order chi connectivity index (χ1) is 12.0. The number of aliphatic carboxylic acids is 1. The fourth-order valence-corrected chi connectivity index (χ4v) is 3.54. The molecule has 0 unspecified atom stereocenters. The van der Waals surface area contributed by atoms with Crippen molar-refractivity contribution in [2.24, 2.45) is 0 Å². The highest BCUT2D eigenvalue weighted by Crippen LogP contribution is 2.16. The number of carboxylic acids is 1. The van der Waals surface area contributed by atoms with Gasteiger partial charge in [0.15, 0.2) is 0 Å². The Hall–Kier alpha value is -0.610. The maximum absolute atomic E-state index is 10.1. The van der Waals surface area contributed by atoms with Crippen LogP contribution in [0.1, 0.15) is 91.9 Å². The van der Waals surface area contributed by atoms with Crippen molar-refractivity contribution in [2.75, 3.05) is 32.7 Å². The maximum Gasteiger partial charge on any atom is 0.320 e. The fourth-order valence-electron chi connectivity index (χ4n) is 3.54. The zero-order valence-electron chi connectivity index (χ0n) is 17.5. The summed E-state index contributed by atoms with van der Waals surface area (Å²) in [4.78, 5) is 10.1. The van der Waals surface area contributed by atoms with Gasteiger partial charge in [0, 0.05) is 0 Å². The van der Waals surface area contributed by atoms with Gasteiger partial charge in [-0.25, -0.2) is 0 Å². The number of carbonyl (C=O) groups is 1. The van der Waals surface area contributed by atoms with Gasteiger partial charge < -0.3 is 14.9 Å². The molecular weight excluding hydrogens is 312 g/mol. The normalized spacial score (nSPS) is 17.2. The smallest absolute Gasteiger partial charge is 0.320 e. The summed E-state index contributed by atoms with van der Waals surface area (Å²) in [6, 6.07) is -0.269. The molecule has 0 amide bonds.